The molecule has 1 aromatic heterocycles. The van der Waals surface area contributed by atoms with Crippen molar-refractivity contribution >= 4 is 23.4 Å². The highest BCUT2D eigenvalue weighted by Gasteiger charge is 2.19. The van der Waals surface area contributed by atoms with Crippen molar-refractivity contribution in [1.29, 1.82) is 5.26 Å². The third kappa shape index (κ3) is 4.89. The summed E-state index contributed by atoms with van der Waals surface area (Å²) in [5.41, 5.74) is 1.17. The van der Waals surface area contributed by atoms with Crippen molar-refractivity contribution in [3.8, 4) is 17.5 Å². The number of amides is 1. The number of carbonyl (C=O) groups is 1. The Bertz CT molecular complexity index is 1020. The molecule has 0 radical (unpaired) electrons. The molecule has 0 spiro atoms. The van der Waals surface area contributed by atoms with E-state index in [1.807, 2.05) is 18.2 Å². The van der Waals surface area contributed by atoms with Gasteiger partial charge in [-0.1, -0.05) is 23.9 Å². The van der Waals surface area contributed by atoms with E-state index in [-0.39, 0.29) is 24.6 Å². The zero-order valence-electron chi connectivity index (χ0n) is 15.5. The molecular formula is C19H17FN6O2S. The number of carbonyl (C=O) groups excluding carboxylic acids is 1. The van der Waals surface area contributed by atoms with Gasteiger partial charge in [0.2, 0.25) is 11.1 Å². The molecule has 8 nitrogen and oxygen atoms in total. The van der Waals surface area contributed by atoms with Crippen molar-refractivity contribution in [3.63, 3.8) is 0 Å². The molecule has 0 aliphatic heterocycles. The minimum Gasteiger partial charge on any atom is -0.494 e. The summed E-state index contributed by atoms with van der Waals surface area (Å²) in [5.74, 6) is -0.00799. The highest BCUT2D eigenvalue weighted by Crippen LogP contribution is 2.26. The maximum atomic E-state index is 13.2. The summed E-state index contributed by atoms with van der Waals surface area (Å²) in [4.78, 5) is 14.3. The van der Waals surface area contributed by atoms with Crippen molar-refractivity contribution < 1.29 is 13.9 Å². The molecule has 0 saturated heterocycles. The molecule has 1 amide bonds. The highest BCUT2D eigenvalue weighted by atomic mass is 32.2. The average Bonchev–Trinajstić information content (AvgIpc) is 3.22. The standard InChI is InChI=1S/C19H17FN6O2S/c1-28-17-6-3-2-5-16(17)26-19(22-23-24-26)29-13-18(27)25(12-4-11-21)15-9-7-14(20)8-10-15/h2-3,5-10H,4,12-13H2,1H3. The van der Waals surface area contributed by atoms with Gasteiger partial charge in [-0.15, -0.1) is 5.10 Å². The molecule has 1 heterocycles. The number of nitriles is 1. The number of methoxy groups -OCH3 is 1. The van der Waals surface area contributed by atoms with E-state index in [9.17, 15) is 9.18 Å². The van der Waals surface area contributed by atoms with Gasteiger partial charge in [-0.25, -0.2) is 4.39 Å². The zero-order valence-corrected chi connectivity index (χ0v) is 16.3. The van der Waals surface area contributed by atoms with E-state index in [1.54, 1.807) is 19.2 Å². The van der Waals surface area contributed by atoms with E-state index in [4.69, 9.17) is 10.00 Å². The lowest BCUT2D eigenvalue weighted by atomic mass is 10.2. The number of benzene rings is 2. The number of tetrazole rings is 1. The first-order chi connectivity index (χ1) is 14.1. The third-order valence-corrected chi connectivity index (χ3v) is 4.87. The van der Waals surface area contributed by atoms with E-state index in [1.165, 1.54) is 33.8 Å². The average molecular weight is 412 g/mol. The minimum atomic E-state index is -0.396. The van der Waals surface area contributed by atoms with Crippen molar-refractivity contribution in [1.82, 2.24) is 20.2 Å². The number of nitrogens with zero attached hydrogens (tertiary/aromatic N) is 6. The number of thioether (sulfide) groups is 1. The van der Waals surface area contributed by atoms with E-state index < -0.39 is 5.82 Å². The Morgan fingerprint density at radius 2 is 2.03 bits per heavy atom. The van der Waals surface area contributed by atoms with Crippen molar-refractivity contribution in [2.75, 3.05) is 24.3 Å². The predicted octanol–water partition coefficient (Wildman–Crippen LogP) is 2.85. The minimum absolute atomic E-state index is 0.0400. The van der Waals surface area contributed by atoms with Crippen molar-refractivity contribution in [3.05, 3.63) is 54.3 Å². The molecule has 10 heteroatoms. The molecule has 0 saturated carbocycles. The normalized spacial score (nSPS) is 10.4. The van der Waals surface area contributed by atoms with Crippen LogP contribution in [-0.4, -0.2) is 45.5 Å². The monoisotopic (exact) mass is 412 g/mol. The molecule has 0 aliphatic carbocycles. The number of rotatable bonds is 8. The molecular weight excluding hydrogens is 395 g/mol. The SMILES string of the molecule is COc1ccccc1-n1nnnc1SCC(=O)N(CCC#N)c1ccc(F)cc1. The second-order valence-electron chi connectivity index (χ2n) is 5.76. The van der Waals surface area contributed by atoms with E-state index in [0.717, 1.165) is 11.8 Å². The zero-order chi connectivity index (χ0) is 20.6. The van der Waals surface area contributed by atoms with Gasteiger partial charge in [-0.05, 0) is 46.8 Å². The number of anilines is 1. The van der Waals surface area contributed by atoms with Crippen LogP contribution >= 0.6 is 11.8 Å². The maximum absolute atomic E-state index is 13.2. The van der Waals surface area contributed by atoms with Gasteiger partial charge >= 0.3 is 0 Å². The number of hydrogen-bond acceptors (Lipinski definition) is 7. The topological polar surface area (TPSA) is 96.9 Å². The van der Waals surface area contributed by atoms with Crippen LogP contribution in [0.15, 0.2) is 53.7 Å². The first kappa shape index (κ1) is 20.3. The van der Waals surface area contributed by atoms with Crippen LogP contribution in [0.3, 0.4) is 0 Å². The van der Waals surface area contributed by atoms with Gasteiger partial charge in [-0.2, -0.15) is 9.94 Å². The summed E-state index contributed by atoms with van der Waals surface area (Å²) >= 11 is 1.16. The number of ether oxygens (including phenoxy) is 1. The van der Waals surface area contributed by atoms with Gasteiger partial charge in [0.25, 0.3) is 0 Å². The molecule has 0 bridgehead atoms. The largest absolute Gasteiger partial charge is 0.494 e. The predicted molar refractivity (Wildman–Crippen MR) is 105 cm³/mol. The highest BCUT2D eigenvalue weighted by molar-refractivity contribution is 7.99. The molecule has 0 unspecified atom stereocenters. The lowest BCUT2D eigenvalue weighted by molar-refractivity contribution is -0.116. The Kier molecular flexibility index (Phi) is 6.76. The smallest absolute Gasteiger partial charge is 0.237 e. The summed E-state index contributed by atoms with van der Waals surface area (Å²) in [6.45, 7) is 0.207. The Morgan fingerprint density at radius 3 is 2.76 bits per heavy atom. The summed E-state index contributed by atoms with van der Waals surface area (Å²) < 4.78 is 20.0. The molecule has 2 aromatic carbocycles. The first-order valence-electron chi connectivity index (χ1n) is 8.61. The number of hydrogen-bond donors (Lipinski definition) is 0. The van der Waals surface area contributed by atoms with E-state index >= 15 is 0 Å². The van der Waals surface area contributed by atoms with Gasteiger partial charge < -0.3 is 9.64 Å². The van der Waals surface area contributed by atoms with Gasteiger partial charge in [0, 0.05) is 12.2 Å². The van der Waals surface area contributed by atoms with Crippen LogP contribution in [0.5, 0.6) is 5.75 Å². The lowest BCUT2D eigenvalue weighted by Crippen LogP contribution is -2.33. The molecule has 29 heavy (non-hydrogen) atoms. The Morgan fingerprint density at radius 1 is 1.28 bits per heavy atom. The molecule has 0 N–H and O–H groups in total. The van der Waals surface area contributed by atoms with Crippen molar-refractivity contribution in [2.24, 2.45) is 0 Å². The number of para-hydroxylation sites is 2. The fourth-order valence-corrected chi connectivity index (χ4v) is 3.37. The molecule has 0 fully saturated rings. The van der Waals surface area contributed by atoms with Crippen LogP contribution < -0.4 is 9.64 Å². The van der Waals surface area contributed by atoms with E-state index in [2.05, 4.69) is 15.5 Å². The summed E-state index contributed by atoms with van der Waals surface area (Å²) in [5, 5.41) is 21.0. The van der Waals surface area contributed by atoms with Crippen LogP contribution in [0.25, 0.3) is 5.69 Å². The fraction of sp³-hybridized carbons (Fsp3) is 0.211. The third-order valence-electron chi connectivity index (χ3n) is 3.97. The van der Waals surface area contributed by atoms with E-state index in [0.29, 0.717) is 22.3 Å². The quantitative estimate of drug-likeness (QED) is 0.525. The van der Waals surface area contributed by atoms with Gasteiger partial charge in [0.05, 0.1) is 25.4 Å². The van der Waals surface area contributed by atoms with Gasteiger partial charge in [0.1, 0.15) is 17.3 Å². The Balaban J connectivity index is 1.76. The van der Waals surface area contributed by atoms with Crippen LogP contribution in [-0.2, 0) is 4.79 Å². The molecule has 148 valence electrons. The first-order valence-corrected chi connectivity index (χ1v) is 9.60. The van der Waals surface area contributed by atoms with Crippen LogP contribution in [0.1, 0.15) is 6.42 Å². The molecule has 3 aromatic rings. The summed E-state index contributed by atoms with van der Waals surface area (Å²) in [6.07, 6.45) is 0.159. The number of aromatic nitrogens is 4. The van der Waals surface area contributed by atoms with Gasteiger partial charge in [0.15, 0.2) is 0 Å². The second-order valence-corrected chi connectivity index (χ2v) is 6.71. The summed E-state index contributed by atoms with van der Waals surface area (Å²) in [7, 11) is 1.55. The van der Waals surface area contributed by atoms with Gasteiger partial charge in [-0.3, -0.25) is 4.79 Å². The molecule has 3 rings (SSSR count). The van der Waals surface area contributed by atoms with Crippen LogP contribution in [0, 0.1) is 17.1 Å². The maximum Gasteiger partial charge on any atom is 0.237 e. The lowest BCUT2D eigenvalue weighted by Gasteiger charge is -2.21. The fourth-order valence-electron chi connectivity index (χ4n) is 2.61. The van der Waals surface area contributed by atoms with Crippen molar-refractivity contribution in [2.45, 2.75) is 11.6 Å². The Labute approximate surface area is 170 Å². The molecule has 0 aliphatic rings. The Hall–Kier alpha value is -3.45. The van der Waals surface area contributed by atoms with Crippen LogP contribution in [0.4, 0.5) is 10.1 Å². The second kappa shape index (κ2) is 9.66. The van der Waals surface area contributed by atoms with Crippen LogP contribution in [0.2, 0.25) is 0 Å². The number of halogens is 1. The summed E-state index contributed by atoms with van der Waals surface area (Å²) in [6, 6.07) is 14.8. The molecule has 0 atom stereocenters.